The molecule has 2 aromatic heterocycles. The van der Waals surface area contributed by atoms with E-state index in [1.165, 1.54) is 18.6 Å². The number of halogens is 2. The van der Waals surface area contributed by atoms with Gasteiger partial charge in [-0.15, -0.1) is 0 Å². The molecule has 0 atom stereocenters. The third kappa shape index (κ3) is 3.45. The molecule has 0 radical (unpaired) electrons. The Bertz CT molecular complexity index is 683. The summed E-state index contributed by atoms with van der Waals surface area (Å²) in [5.74, 6) is 0.332. The Morgan fingerprint density at radius 3 is 2.65 bits per heavy atom. The molecule has 0 spiro atoms. The molecule has 0 bridgehead atoms. The van der Waals surface area contributed by atoms with Crippen molar-refractivity contribution >= 4 is 21.5 Å². The van der Waals surface area contributed by atoms with Crippen LogP contribution in [0.2, 0.25) is 0 Å². The molecule has 124 valence electrons. The SMILES string of the molecule is O=[N+]([O-])c1cnc(N2CCN(Cc3nccn3C(F)F)CC2)s1. The number of anilines is 1. The Labute approximate surface area is 134 Å². The highest BCUT2D eigenvalue weighted by Crippen LogP contribution is 2.29. The average molecular weight is 344 g/mol. The molecule has 0 saturated carbocycles. The molecule has 2 aromatic rings. The van der Waals surface area contributed by atoms with Gasteiger partial charge in [0, 0.05) is 38.6 Å². The Kier molecular flexibility index (Phi) is 4.48. The van der Waals surface area contributed by atoms with Gasteiger partial charge in [-0.1, -0.05) is 0 Å². The number of thiazole rings is 1. The van der Waals surface area contributed by atoms with Crippen molar-refractivity contribution in [1.82, 2.24) is 19.4 Å². The van der Waals surface area contributed by atoms with Gasteiger partial charge >= 0.3 is 11.6 Å². The van der Waals surface area contributed by atoms with Gasteiger partial charge in [-0.25, -0.2) is 9.97 Å². The number of rotatable bonds is 5. The summed E-state index contributed by atoms with van der Waals surface area (Å²) in [5.41, 5.74) is 0. The van der Waals surface area contributed by atoms with Gasteiger partial charge in [0.25, 0.3) is 0 Å². The zero-order valence-electron chi connectivity index (χ0n) is 12.0. The van der Waals surface area contributed by atoms with Gasteiger partial charge < -0.3 is 4.90 Å². The molecule has 1 fully saturated rings. The van der Waals surface area contributed by atoms with Crippen LogP contribution in [-0.2, 0) is 6.54 Å². The van der Waals surface area contributed by atoms with Crippen molar-refractivity contribution in [3.63, 3.8) is 0 Å². The maximum Gasteiger partial charge on any atom is 0.345 e. The fraction of sp³-hybridized carbons (Fsp3) is 0.500. The standard InChI is InChI=1S/C12H14F2N6O2S/c13-11(14)19-2-1-15-9(19)8-17-3-5-18(6-4-17)12-16-7-10(23-12)20(21)22/h1-2,7,11H,3-6,8H2. The van der Waals surface area contributed by atoms with Crippen LogP contribution in [0.5, 0.6) is 0 Å². The topological polar surface area (TPSA) is 80.3 Å². The lowest BCUT2D eigenvalue weighted by molar-refractivity contribution is -0.380. The zero-order chi connectivity index (χ0) is 16.4. The first-order valence-electron chi connectivity index (χ1n) is 6.92. The minimum atomic E-state index is -2.59. The number of hydrogen-bond donors (Lipinski definition) is 0. The lowest BCUT2D eigenvalue weighted by atomic mass is 10.3. The van der Waals surface area contributed by atoms with E-state index in [1.54, 1.807) is 0 Å². The molecule has 0 N–H and O–H groups in total. The van der Waals surface area contributed by atoms with Crippen LogP contribution >= 0.6 is 11.3 Å². The third-order valence-corrected chi connectivity index (χ3v) is 4.64. The van der Waals surface area contributed by atoms with E-state index < -0.39 is 11.5 Å². The van der Waals surface area contributed by atoms with Crippen LogP contribution in [0.25, 0.3) is 0 Å². The van der Waals surface area contributed by atoms with Gasteiger partial charge in [-0.05, 0) is 11.3 Å². The van der Waals surface area contributed by atoms with Gasteiger partial charge in [-0.2, -0.15) is 8.78 Å². The summed E-state index contributed by atoms with van der Waals surface area (Å²) < 4.78 is 26.5. The maximum atomic E-state index is 12.8. The molecule has 0 amide bonds. The summed E-state index contributed by atoms with van der Waals surface area (Å²) in [6.07, 6.45) is 3.89. The minimum absolute atomic E-state index is 0.0152. The van der Waals surface area contributed by atoms with Crippen LogP contribution in [0.1, 0.15) is 12.4 Å². The summed E-state index contributed by atoms with van der Waals surface area (Å²) in [6, 6.07) is 0. The van der Waals surface area contributed by atoms with Crippen molar-refractivity contribution in [2.45, 2.75) is 13.1 Å². The van der Waals surface area contributed by atoms with E-state index in [9.17, 15) is 18.9 Å². The van der Waals surface area contributed by atoms with Gasteiger partial charge in [-0.3, -0.25) is 19.6 Å². The average Bonchev–Trinajstić information content (AvgIpc) is 3.17. The van der Waals surface area contributed by atoms with E-state index in [-0.39, 0.29) is 5.00 Å². The molecule has 1 aliphatic heterocycles. The number of imidazole rings is 1. The summed E-state index contributed by atoms with van der Waals surface area (Å²) >= 11 is 1.04. The highest BCUT2D eigenvalue weighted by atomic mass is 32.1. The van der Waals surface area contributed by atoms with Crippen LogP contribution in [0.3, 0.4) is 0 Å². The molecule has 1 saturated heterocycles. The lowest BCUT2D eigenvalue weighted by Gasteiger charge is -2.34. The molecule has 1 aliphatic rings. The second-order valence-corrected chi connectivity index (χ2v) is 6.02. The van der Waals surface area contributed by atoms with Crippen molar-refractivity contribution in [3.8, 4) is 0 Å². The normalized spacial score (nSPS) is 16.2. The fourth-order valence-corrected chi connectivity index (χ4v) is 3.21. The van der Waals surface area contributed by atoms with Crippen molar-refractivity contribution in [3.05, 3.63) is 34.5 Å². The summed E-state index contributed by atoms with van der Waals surface area (Å²) in [5, 5.41) is 11.3. The number of nitro groups is 1. The monoisotopic (exact) mass is 344 g/mol. The van der Waals surface area contributed by atoms with Crippen molar-refractivity contribution in [2.75, 3.05) is 31.1 Å². The second-order valence-electron chi connectivity index (χ2n) is 5.03. The minimum Gasteiger partial charge on any atom is -0.345 e. The van der Waals surface area contributed by atoms with E-state index in [0.29, 0.717) is 43.7 Å². The number of piperazine rings is 1. The number of nitrogens with zero attached hydrogens (tertiary/aromatic N) is 6. The molecule has 3 heterocycles. The third-order valence-electron chi connectivity index (χ3n) is 3.63. The molecule has 0 aromatic carbocycles. The maximum absolute atomic E-state index is 12.8. The predicted octanol–water partition coefficient (Wildman–Crippen LogP) is 1.97. The van der Waals surface area contributed by atoms with E-state index in [2.05, 4.69) is 9.97 Å². The number of aromatic nitrogens is 3. The van der Waals surface area contributed by atoms with Crippen LogP contribution in [0, 0.1) is 10.1 Å². The predicted molar refractivity (Wildman–Crippen MR) is 79.7 cm³/mol. The molecular formula is C12H14F2N6O2S. The van der Waals surface area contributed by atoms with Crippen LogP contribution in [0.15, 0.2) is 18.6 Å². The van der Waals surface area contributed by atoms with Gasteiger partial charge in [0.05, 0.1) is 11.5 Å². The number of hydrogen-bond acceptors (Lipinski definition) is 7. The van der Waals surface area contributed by atoms with Gasteiger partial charge in [0.2, 0.25) is 0 Å². The molecule has 23 heavy (non-hydrogen) atoms. The Balaban J connectivity index is 1.57. The largest absolute Gasteiger partial charge is 0.345 e. The first-order valence-corrected chi connectivity index (χ1v) is 7.73. The molecule has 11 heteroatoms. The van der Waals surface area contributed by atoms with E-state index in [4.69, 9.17) is 0 Å². The van der Waals surface area contributed by atoms with E-state index in [1.807, 2.05) is 9.80 Å². The molecule has 0 aliphatic carbocycles. The van der Waals surface area contributed by atoms with Crippen molar-refractivity contribution in [1.29, 1.82) is 0 Å². The second kappa shape index (κ2) is 6.54. The van der Waals surface area contributed by atoms with E-state index >= 15 is 0 Å². The quantitative estimate of drug-likeness (QED) is 0.609. The number of alkyl halides is 2. The molecule has 8 nitrogen and oxygen atoms in total. The van der Waals surface area contributed by atoms with Crippen molar-refractivity contribution < 1.29 is 13.7 Å². The molecule has 3 rings (SSSR count). The highest BCUT2D eigenvalue weighted by molar-refractivity contribution is 7.18. The van der Waals surface area contributed by atoms with Crippen molar-refractivity contribution in [2.24, 2.45) is 0 Å². The summed E-state index contributed by atoms with van der Waals surface area (Å²) in [7, 11) is 0. The molecular weight excluding hydrogens is 330 g/mol. The Hall–Kier alpha value is -2.14. The fourth-order valence-electron chi connectivity index (χ4n) is 2.43. The lowest BCUT2D eigenvalue weighted by Crippen LogP contribution is -2.46. The van der Waals surface area contributed by atoms with Crippen LogP contribution < -0.4 is 4.90 Å². The zero-order valence-corrected chi connectivity index (χ0v) is 12.8. The first kappa shape index (κ1) is 15.7. The van der Waals surface area contributed by atoms with Gasteiger partial charge in [0.15, 0.2) is 5.13 Å². The van der Waals surface area contributed by atoms with E-state index in [0.717, 1.165) is 15.9 Å². The molecule has 0 unspecified atom stereocenters. The van der Waals surface area contributed by atoms with Gasteiger partial charge in [0.1, 0.15) is 12.0 Å². The summed E-state index contributed by atoms with van der Waals surface area (Å²) in [6.45, 7) is 0.348. The van der Waals surface area contributed by atoms with Crippen LogP contribution in [0.4, 0.5) is 18.9 Å². The first-order chi connectivity index (χ1) is 11.0. The highest BCUT2D eigenvalue weighted by Gasteiger charge is 2.23. The smallest absolute Gasteiger partial charge is 0.345 e. The Morgan fingerprint density at radius 2 is 2.04 bits per heavy atom. The van der Waals surface area contributed by atoms with Crippen LogP contribution in [-0.4, -0.2) is 50.5 Å². The summed E-state index contributed by atoms with van der Waals surface area (Å²) in [4.78, 5) is 22.3. The Morgan fingerprint density at radius 1 is 1.30 bits per heavy atom.